The summed E-state index contributed by atoms with van der Waals surface area (Å²) in [6.45, 7) is 7.97. The van der Waals surface area contributed by atoms with Crippen LogP contribution in [0.2, 0.25) is 0 Å². The Morgan fingerprint density at radius 2 is 1.53 bits per heavy atom. The molecule has 0 fully saturated rings. The van der Waals surface area contributed by atoms with Gasteiger partial charge in [-0.15, -0.1) is 0 Å². The molecule has 0 bridgehead atoms. The minimum Gasteiger partial charge on any atom is -0.392 e. The van der Waals surface area contributed by atoms with E-state index in [2.05, 4.69) is 16.0 Å². The van der Waals surface area contributed by atoms with E-state index in [1.54, 1.807) is 0 Å². The van der Waals surface area contributed by atoms with Crippen molar-refractivity contribution in [2.75, 3.05) is 45.8 Å². The molecule has 0 saturated heterocycles. The van der Waals surface area contributed by atoms with Crippen molar-refractivity contribution in [1.29, 1.82) is 0 Å². The minimum atomic E-state index is -0.212. The fourth-order valence-corrected chi connectivity index (χ4v) is 1.12. The Bertz CT molecular complexity index is 124. The minimum absolute atomic E-state index is 0.212. The van der Waals surface area contributed by atoms with Crippen LogP contribution in [0.1, 0.15) is 13.3 Å². The summed E-state index contributed by atoms with van der Waals surface area (Å²) in [5.41, 5.74) is 5.33. The second-order valence-corrected chi connectivity index (χ2v) is 3.55. The quantitative estimate of drug-likeness (QED) is 0.272. The molecule has 0 aliphatic carbocycles. The maximum Gasteiger partial charge on any atom is 0.0662 e. The van der Waals surface area contributed by atoms with Crippen LogP contribution in [-0.2, 0) is 0 Å². The van der Waals surface area contributed by atoms with E-state index in [0.717, 1.165) is 39.1 Å². The molecule has 0 radical (unpaired) electrons. The van der Waals surface area contributed by atoms with Gasteiger partial charge in [0, 0.05) is 45.8 Å². The summed E-state index contributed by atoms with van der Waals surface area (Å²) in [7, 11) is 0. The number of aliphatic hydroxyl groups excluding tert-OH is 1. The van der Waals surface area contributed by atoms with Crippen LogP contribution in [0.25, 0.3) is 0 Å². The number of nitrogens with two attached hydrogens (primary N) is 1. The molecular weight excluding hydrogens is 192 g/mol. The first kappa shape index (κ1) is 14.8. The molecule has 1 unspecified atom stereocenters. The average Bonchev–Trinajstić information content (AvgIpc) is 2.26. The molecule has 0 aromatic heterocycles. The highest BCUT2D eigenvalue weighted by Gasteiger charge is 1.97. The summed E-state index contributed by atoms with van der Waals surface area (Å²) < 4.78 is 0. The Balaban J connectivity index is 2.92. The van der Waals surface area contributed by atoms with E-state index in [4.69, 9.17) is 5.73 Å². The van der Waals surface area contributed by atoms with E-state index >= 15 is 0 Å². The zero-order chi connectivity index (χ0) is 11.4. The van der Waals surface area contributed by atoms with Gasteiger partial charge in [0.1, 0.15) is 0 Å². The van der Waals surface area contributed by atoms with Gasteiger partial charge in [-0.3, -0.25) is 0 Å². The zero-order valence-corrected chi connectivity index (χ0v) is 9.76. The summed E-state index contributed by atoms with van der Waals surface area (Å²) in [6, 6.07) is 0. The molecule has 1 atom stereocenters. The fourth-order valence-electron chi connectivity index (χ4n) is 1.12. The number of nitrogens with one attached hydrogen (secondary N) is 3. The zero-order valence-electron chi connectivity index (χ0n) is 9.76. The van der Waals surface area contributed by atoms with E-state index in [0.29, 0.717) is 13.1 Å². The van der Waals surface area contributed by atoms with Gasteiger partial charge in [0.25, 0.3) is 0 Å². The lowest BCUT2D eigenvalue weighted by Crippen LogP contribution is -2.36. The maximum absolute atomic E-state index is 9.25. The largest absolute Gasteiger partial charge is 0.392 e. The summed E-state index contributed by atoms with van der Waals surface area (Å²) >= 11 is 0. The molecule has 0 aromatic rings. The Morgan fingerprint density at radius 1 is 1.00 bits per heavy atom. The maximum atomic E-state index is 9.25. The molecule has 0 spiro atoms. The van der Waals surface area contributed by atoms with Crippen LogP contribution < -0.4 is 21.7 Å². The van der Waals surface area contributed by atoms with Crippen LogP contribution >= 0.6 is 0 Å². The van der Waals surface area contributed by atoms with E-state index in [9.17, 15) is 5.11 Å². The molecule has 0 heterocycles. The van der Waals surface area contributed by atoms with Crippen molar-refractivity contribution in [3.63, 3.8) is 0 Å². The van der Waals surface area contributed by atoms with Crippen molar-refractivity contribution in [2.24, 2.45) is 5.73 Å². The first-order valence-electron chi connectivity index (χ1n) is 5.81. The lowest BCUT2D eigenvalue weighted by molar-refractivity contribution is 0.167. The van der Waals surface area contributed by atoms with E-state index < -0.39 is 0 Å². The van der Waals surface area contributed by atoms with Crippen LogP contribution in [0.4, 0.5) is 0 Å². The first-order chi connectivity index (χ1) is 7.31. The van der Waals surface area contributed by atoms with Crippen LogP contribution in [-0.4, -0.2) is 57.0 Å². The third kappa shape index (κ3) is 11.7. The van der Waals surface area contributed by atoms with Crippen LogP contribution in [0.15, 0.2) is 0 Å². The van der Waals surface area contributed by atoms with Crippen LogP contribution in [0.5, 0.6) is 0 Å². The second-order valence-electron chi connectivity index (χ2n) is 3.55. The van der Waals surface area contributed by atoms with Gasteiger partial charge in [-0.05, 0) is 6.42 Å². The molecular formula is C10H26N4O. The number of aliphatic hydroxyl groups is 1. The summed E-state index contributed by atoms with van der Waals surface area (Å²) in [5, 5.41) is 18.9. The van der Waals surface area contributed by atoms with Gasteiger partial charge in [-0.25, -0.2) is 0 Å². The smallest absolute Gasteiger partial charge is 0.0662 e. The van der Waals surface area contributed by atoms with Gasteiger partial charge in [0.2, 0.25) is 0 Å². The van der Waals surface area contributed by atoms with Crippen molar-refractivity contribution in [3.05, 3.63) is 0 Å². The molecule has 0 aliphatic heterocycles. The normalized spacial score (nSPS) is 13.0. The Morgan fingerprint density at radius 3 is 2.07 bits per heavy atom. The predicted molar refractivity (Wildman–Crippen MR) is 64.0 cm³/mol. The third-order valence-electron chi connectivity index (χ3n) is 2.13. The van der Waals surface area contributed by atoms with Crippen molar-refractivity contribution in [1.82, 2.24) is 16.0 Å². The molecule has 0 rings (SSSR count). The highest BCUT2D eigenvalue weighted by molar-refractivity contribution is 4.59. The van der Waals surface area contributed by atoms with Crippen LogP contribution in [0, 0.1) is 0 Å². The highest BCUT2D eigenvalue weighted by Crippen LogP contribution is 1.84. The lowest BCUT2D eigenvalue weighted by atomic mass is 10.3. The lowest BCUT2D eigenvalue weighted by Gasteiger charge is -2.10. The Kier molecular flexibility index (Phi) is 11.7. The number of rotatable bonds is 11. The molecule has 0 saturated carbocycles. The SMILES string of the molecule is CCC(O)CNCCNCCNCCN. The number of hydrogen-bond acceptors (Lipinski definition) is 5. The van der Waals surface area contributed by atoms with Gasteiger partial charge in [0.05, 0.1) is 6.10 Å². The van der Waals surface area contributed by atoms with E-state index in [-0.39, 0.29) is 6.10 Å². The standard InChI is InChI=1S/C10H26N4O/c1-2-10(15)9-14-8-7-13-6-5-12-4-3-11/h10,12-15H,2-9,11H2,1H3. The van der Waals surface area contributed by atoms with Gasteiger partial charge in [-0.2, -0.15) is 0 Å². The molecule has 6 N–H and O–H groups in total. The summed E-state index contributed by atoms with van der Waals surface area (Å²) in [5.74, 6) is 0. The Hall–Kier alpha value is -0.200. The van der Waals surface area contributed by atoms with Gasteiger partial charge in [-0.1, -0.05) is 6.92 Å². The molecule has 92 valence electrons. The first-order valence-corrected chi connectivity index (χ1v) is 5.81. The molecule has 0 aliphatic rings. The monoisotopic (exact) mass is 218 g/mol. The summed E-state index contributed by atoms with van der Waals surface area (Å²) in [4.78, 5) is 0. The predicted octanol–water partition coefficient (Wildman–Crippen LogP) is -1.52. The topological polar surface area (TPSA) is 82.3 Å². The second kappa shape index (κ2) is 11.9. The molecule has 0 aromatic carbocycles. The van der Waals surface area contributed by atoms with Gasteiger partial charge >= 0.3 is 0 Å². The van der Waals surface area contributed by atoms with Crippen molar-refractivity contribution in [2.45, 2.75) is 19.4 Å². The van der Waals surface area contributed by atoms with Crippen molar-refractivity contribution >= 4 is 0 Å². The molecule has 15 heavy (non-hydrogen) atoms. The van der Waals surface area contributed by atoms with Crippen molar-refractivity contribution in [3.8, 4) is 0 Å². The highest BCUT2D eigenvalue weighted by atomic mass is 16.3. The van der Waals surface area contributed by atoms with Crippen LogP contribution in [0.3, 0.4) is 0 Å². The Labute approximate surface area is 92.8 Å². The van der Waals surface area contributed by atoms with E-state index in [1.807, 2.05) is 6.92 Å². The van der Waals surface area contributed by atoms with Gasteiger partial charge < -0.3 is 26.8 Å². The average molecular weight is 218 g/mol. The van der Waals surface area contributed by atoms with Crippen molar-refractivity contribution < 1.29 is 5.11 Å². The van der Waals surface area contributed by atoms with E-state index in [1.165, 1.54) is 0 Å². The third-order valence-corrected chi connectivity index (χ3v) is 2.13. The fraction of sp³-hybridized carbons (Fsp3) is 1.00. The summed E-state index contributed by atoms with van der Waals surface area (Å²) in [6.07, 6.45) is 0.597. The van der Waals surface area contributed by atoms with Gasteiger partial charge in [0.15, 0.2) is 0 Å². The molecule has 5 nitrogen and oxygen atoms in total. The molecule has 5 heteroatoms. The number of hydrogen-bond donors (Lipinski definition) is 5. The molecule has 0 amide bonds.